The summed E-state index contributed by atoms with van der Waals surface area (Å²) in [6.45, 7) is 0. The number of hydrogen-bond donors (Lipinski definition) is 0. The molecule has 0 atom stereocenters. The first kappa shape index (κ1) is 42.6. The van der Waals surface area contributed by atoms with Crippen molar-refractivity contribution in [2.24, 2.45) is 0 Å². The van der Waals surface area contributed by atoms with Crippen LogP contribution in [0.5, 0.6) is 0 Å². The average Bonchev–Trinajstić information content (AvgIpc) is 1.71. The van der Waals surface area contributed by atoms with Crippen LogP contribution < -0.4 is 0 Å². The second-order valence-electron chi connectivity index (χ2n) is 20.3. The van der Waals surface area contributed by atoms with Crippen LogP contribution in [0.25, 0.3) is 167 Å². The van der Waals surface area contributed by atoms with E-state index < -0.39 is 0 Å². The zero-order valence-electron chi connectivity index (χ0n) is 46.4. The normalized spacial score (nSPS) is 12.4. The fraction of sp³-hybridized carbons (Fsp3) is 0. The van der Waals surface area contributed by atoms with Crippen molar-refractivity contribution in [2.75, 3.05) is 0 Å². The summed E-state index contributed by atoms with van der Waals surface area (Å²) >= 11 is 0. The lowest BCUT2D eigenvalue weighted by atomic mass is 10.0. The Hall–Kier alpha value is -11.4. The molecule has 82 heavy (non-hydrogen) atoms. The summed E-state index contributed by atoms with van der Waals surface area (Å²) in [5.41, 5.74) is 10.7. The van der Waals surface area contributed by atoms with E-state index in [1.807, 2.05) is 182 Å². The zero-order valence-corrected chi connectivity index (χ0v) is 43.4. The molecule has 6 aromatic heterocycles. The van der Waals surface area contributed by atoms with Crippen molar-refractivity contribution in [3.05, 3.63) is 255 Å². The van der Waals surface area contributed by atoms with E-state index in [0.717, 1.165) is 98.7 Å². The molecule has 11 aromatic carbocycles. The highest BCUT2D eigenvalue weighted by atomic mass is 16.3. The van der Waals surface area contributed by atoms with E-state index in [1.165, 1.54) is 0 Å². The molecule has 0 aliphatic rings. The molecule has 0 fully saturated rings. The Labute approximate surface area is 471 Å². The van der Waals surface area contributed by atoms with Gasteiger partial charge in [0.2, 0.25) is 0 Å². The maximum absolute atomic E-state index is 10.9. The van der Waals surface area contributed by atoms with E-state index >= 15 is 0 Å². The Morgan fingerprint density at radius 2 is 0.768 bits per heavy atom. The highest BCUT2D eigenvalue weighted by Gasteiger charge is 2.26. The number of para-hydroxylation sites is 4. The molecule has 0 aliphatic heterocycles. The van der Waals surface area contributed by atoms with Crippen LogP contribution in [0.2, 0.25) is 0 Å². The maximum Gasteiger partial charge on any atom is 0.166 e. The van der Waals surface area contributed by atoms with E-state index in [9.17, 15) is 4.11 Å². The van der Waals surface area contributed by atoms with Gasteiger partial charge >= 0.3 is 0 Å². The Bertz CT molecular complexity index is 5550. The molecular formula is C72H42N8O2. The van der Waals surface area contributed by atoms with Gasteiger partial charge in [-0.1, -0.05) is 170 Å². The molecule has 382 valence electrons. The van der Waals surface area contributed by atoms with Crippen LogP contribution in [0, 0.1) is 0 Å². The summed E-state index contributed by atoms with van der Waals surface area (Å²) in [5, 5.41) is 7.56. The molecule has 0 aliphatic carbocycles. The van der Waals surface area contributed by atoms with E-state index in [2.05, 4.69) is 63.7 Å². The molecule has 0 saturated heterocycles. The Morgan fingerprint density at radius 3 is 1.38 bits per heavy atom. The number of fused-ring (bicyclic) bond motifs is 13. The van der Waals surface area contributed by atoms with Crippen LogP contribution in [0.1, 0.15) is 4.11 Å². The monoisotopic (exact) mass is 1050 g/mol. The highest BCUT2D eigenvalue weighted by Crippen LogP contribution is 2.45. The lowest BCUT2D eigenvalue weighted by molar-refractivity contribution is 0.668. The predicted octanol–water partition coefficient (Wildman–Crippen LogP) is 18.1. The number of aromatic nitrogens is 8. The molecule has 10 nitrogen and oxygen atoms in total. The lowest BCUT2D eigenvalue weighted by Crippen LogP contribution is -2.05. The van der Waals surface area contributed by atoms with Gasteiger partial charge in [-0.15, -0.1) is 0 Å². The largest absolute Gasteiger partial charge is 0.456 e. The smallest absolute Gasteiger partial charge is 0.166 e. The first-order chi connectivity index (χ1) is 41.9. The van der Waals surface area contributed by atoms with Crippen LogP contribution in [0.3, 0.4) is 0 Å². The number of benzene rings is 11. The van der Waals surface area contributed by atoms with E-state index in [-0.39, 0.29) is 46.6 Å². The first-order valence-corrected chi connectivity index (χ1v) is 27.0. The lowest BCUT2D eigenvalue weighted by Gasteiger charge is -2.17. The standard InChI is InChI=1S/C72H42N8O2/c1-4-18-43(19-5-1)67-74-70(76-71(75-67)47-33-38-63-54(40-47)50-25-12-16-30-61(50)81-63)46-32-36-59(56(41-46)72-77-68(44-20-6-2-7-21-44)73-69(78-72)45-22-8-3-9-23-45)80-57-28-14-10-24-49(57)52-35-37-60-65(66(52)80)53-27-11-15-29-58(53)79(60)48-34-39-64-55(42-48)51-26-13-17-31-62(51)82-64/h1-42H/i32D,36D,41D. The highest BCUT2D eigenvalue weighted by molar-refractivity contribution is 6.26. The maximum atomic E-state index is 10.9. The van der Waals surface area contributed by atoms with Gasteiger partial charge in [0.05, 0.1) is 31.9 Å². The van der Waals surface area contributed by atoms with E-state index in [0.29, 0.717) is 40.0 Å². The van der Waals surface area contributed by atoms with E-state index in [1.54, 1.807) is 0 Å². The Kier molecular flexibility index (Phi) is 9.41. The van der Waals surface area contributed by atoms with Gasteiger partial charge in [0.1, 0.15) is 22.3 Å². The molecular weight excluding hydrogens is 1010 g/mol. The third-order valence-electron chi connectivity index (χ3n) is 15.6. The quantitative estimate of drug-likeness (QED) is 0.148. The second-order valence-corrected chi connectivity index (χ2v) is 20.3. The number of furan rings is 2. The molecule has 0 N–H and O–H groups in total. The van der Waals surface area contributed by atoms with Gasteiger partial charge in [-0.2, -0.15) is 0 Å². The van der Waals surface area contributed by atoms with Gasteiger partial charge in [-0.05, 0) is 84.9 Å². The van der Waals surface area contributed by atoms with Crippen molar-refractivity contribution in [1.82, 2.24) is 39.0 Å². The van der Waals surface area contributed by atoms with Crippen molar-refractivity contribution < 1.29 is 12.9 Å². The fourth-order valence-electron chi connectivity index (χ4n) is 11.8. The molecule has 17 rings (SSSR count). The van der Waals surface area contributed by atoms with Crippen LogP contribution in [0.15, 0.2) is 264 Å². The summed E-state index contributed by atoms with van der Waals surface area (Å²) < 4.78 is 48.9. The molecule has 0 amide bonds. The molecule has 0 bridgehead atoms. The number of hydrogen-bond acceptors (Lipinski definition) is 8. The third-order valence-corrected chi connectivity index (χ3v) is 15.6. The van der Waals surface area contributed by atoms with Crippen LogP contribution in [-0.2, 0) is 0 Å². The van der Waals surface area contributed by atoms with Gasteiger partial charge in [0.25, 0.3) is 0 Å². The van der Waals surface area contributed by atoms with Gasteiger partial charge in [0.15, 0.2) is 34.9 Å². The van der Waals surface area contributed by atoms with Gasteiger partial charge < -0.3 is 18.0 Å². The van der Waals surface area contributed by atoms with Crippen LogP contribution in [0.4, 0.5) is 0 Å². The van der Waals surface area contributed by atoms with Crippen LogP contribution in [-0.4, -0.2) is 39.0 Å². The summed E-state index contributed by atoms with van der Waals surface area (Å²) in [6.07, 6.45) is 0. The fourth-order valence-corrected chi connectivity index (χ4v) is 11.8. The summed E-state index contributed by atoms with van der Waals surface area (Å²) in [4.78, 5) is 31.1. The summed E-state index contributed by atoms with van der Waals surface area (Å²) in [6, 6.07) is 77.3. The molecule has 0 radical (unpaired) electrons. The molecule has 0 unspecified atom stereocenters. The minimum absolute atomic E-state index is 0.00651. The van der Waals surface area contributed by atoms with Crippen molar-refractivity contribution in [2.45, 2.75) is 0 Å². The second kappa shape index (κ2) is 18.1. The van der Waals surface area contributed by atoms with Crippen molar-refractivity contribution >= 4 is 87.5 Å². The van der Waals surface area contributed by atoms with Crippen molar-refractivity contribution in [3.8, 4) is 79.7 Å². The van der Waals surface area contributed by atoms with Gasteiger partial charge in [0, 0.05) is 82.2 Å². The SMILES string of the molecule is [2H]c1c([2H])c(-n2c3ccccc3c3ccc4c(c5ccccc5n4-c4ccc5oc6ccccc6c5c4)c32)c(-c2nc(-c3ccccc3)nc(-c3ccccc3)n2)c([2H])c1-c1nc(-c2ccccc2)nc(-c2ccc3oc4ccccc4c3c2)n1. The van der Waals surface area contributed by atoms with Crippen LogP contribution >= 0.6 is 0 Å². The number of nitrogens with zero attached hydrogens (tertiary/aromatic N) is 8. The van der Waals surface area contributed by atoms with Gasteiger partial charge in [-0.25, -0.2) is 29.9 Å². The average molecular weight is 1050 g/mol. The third kappa shape index (κ3) is 7.21. The zero-order chi connectivity index (χ0) is 56.4. The topological polar surface area (TPSA) is 113 Å². The molecule has 6 heterocycles. The molecule has 17 aromatic rings. The number of rotatable bonds is 8. The first-order valence-electron chi connectivity index (χ1n) is 28.5. The minimum atomic E-state index is -0.266. The molecule has 0 saturated carbocycles. The predicted molar refractivity (Wildman–Crippen MR) is 329 cm³/mol. The Morgan fingerprint density at radius 1 is 0.305 bits per heavy atom. The van der Waals surface area contributed by atoms with Gasteiger partial charge in [-0.3, -0.25) is 0 Å². The molecule has 10 heteroatoms. The summed E-state index contributed by atoms with van der Waals surface area (Å²) in [5.74, 6) is 1.53. The van der Waals surface area contributed by atoms with Crippen molar-refractivity contribution in [3.63, 3.8) is 0 Å². The Balaban J connectivity index is 0.995. The summed E-state index contributed by atoms with van der Waals surface area (Å²) in [7, 11) is 0. The van der Waals surface area contributed by atoms with Crippen molar-refractivity contribution in [1.29, 1.82) is 0 Å². The van der Waals surface area contributed by atoms with E-state index in [4.69, 9.17) is 38.7 Å². The minimum Gasteiger partial charge on any atom is -0.456 e. The molecule has 0 spiro atoms.